The van der Waals surface area contributed by atoms with Gasteiger partial charge in [0.2, 0.25) is 0 Å². The first-order valence-corrected chi connectivity index (χ1v) is 12.7. The predicted molar refractivity (Wildman–Crippen MR) is 170 cm³/mol. The van der Waals surface area contributed by atoms with Crippen molar-refractivity contribution in [2.45, 2.75) is 55.7 Å². The van der Waals surface area contributed by atoms with Crippen LogP contribution in [0.3, 0.4) is 0 Å². The topological polar surface area (TPSA) is 172 Å². The summed E-state index contributed by atoms with van der Waals surface area (Å²) in [6.45, 7) is 0. The minimum Gasteiger partial charge on any atom is -0.394 e. The van der Waals surface area contributed by atoms with Crippen molar-refractivity contribution >= 4 is 54.3 Å². The van der Waals surface area contributed by atoms with Crippen LogP contribution < -0.4 is 33.9 Å². The molecule has 0 amide bonds. The molecule has 0 spiro atoms. The zero-order valence-corrected chi connectivity index (χ0v) is 26.0. The molecule has 0 aliphatic heterocycles. The normalized spacial score (nSPS) is 24.1. The summed E-state index contributed by atoms with van der Waals surface area (Å²) in [7, 11) is 4.96. The van der Waals surface area contributed by atoms with Crippen molar-refractivity contribution in [2.75, 3.05) is 38.5 Å². The molecule has 6 N–H and O–H groups in total. The van der Waals surface area contributed by atoms with Crippen LogP contribution in [0.5, 0.6) is 0 Å². The molecular formula is C27H39Cl3N6O6. The van der Waals surface area contributed by atoms with Crippen LogP contribution in [0.4, 0.5) is 17.1 Å². The van der Waals surface area contributed by atoms with Crippen molar-refractivity contribution in [3.05, 3.63) is 86.1 Å². The Morgan fingerprint density at radius 1 is 0.548 bits per heavy atom. The Morgan fingerprint density at radius 3 is 0.976 bits per heavy atom. The van der Waals surface area contributed by atoms with Gasteiger partial charge in [0.25, 0.3) is 16.7 Å². The third-order valence-electron chi connectivity index (χ3n) is 7.09. The van der Waals surface area contributed by atoms with Crippen LogP contribution in [-0.2, 0) is 14.2 Å². The summed E-state index contributed by atoms with van der Waals surface area (Å²) in [6, 6.07) is 10.7. The van der Waals surface area contributed by atoms with Crippen LogP contribution in [0.2, 0.25) is 0 Å². The number of aromatic nitrogens is 3. The van der Waals surface area contributed by atoms with E-state index in [0.29, 0.717) is 17.1 Å². The van der Waals surface area contributed by atoms with E-state index in [4.69, 9.17) is 31.4 Å². The lowest BCUT2D eigenvalue weighted by Crippen LogP contribution is -2.22. The van der Waals surface area contributed by atoms with E-state index in [1.54, 1.807) is 90.0 Å². The number of hydrogen-bond donors (Lipinski definition) is 3. The zero-order valence-electron chi connectivity index (χ0n) is 23.5. The molecule has 3 aliphatic rings. The standard InChI is InChI=1S/3C9H12N2O2.3ClH/c3*1-13-8-5-7(8)11-4-2-3-6(10)9(11)12;;;/h3*2-4,7-8H,5,10H2,1H3;3*1H/t7?,8-;2*7-,8-;;;/m010.../s1. The molecule has 0 radical (unpaired) electrons. The summed E-state index contributed by atoms with van der Waals surface area (Å²) in [5.74, 6) is 0. The Balaban J connectivity index is 0.000000304. The molecule has 42 heavy (non-hydrogen) atoms. The number of nitrogen functional groups attached to an aromatic ring is 3. The van der Waals surface area contributed by atoms with Gasteiger partial charge >= 0.3 is 0 Å². The Morgan fingerprint density at radius 2 is 0.786 bits per heavy atom. The molecule has 12 nitrogen and oxygen atoms in total. The smallest absolute Gasteiger partial charge is 0.274 e. The number of anilines is 3. The Bertz CT molecular complexity index is 1310. The SMILES string of the molecule is CO[C@@H]1C[C@H]1n1cccc(N)c1=O.CO[C@H]1CC1n1cccc(N)c1=O.CO[C@H]1C[C@@H]1n1cccc(N)c1=O.Cl.Cl.Cl. The largest absolute Gasteiger partial charge is 0.394 e. The number of pyridine rings is 3. The lowest BCUT2D eigenvalue weighted by Gasteiger charge is -2.04. The van der Waals surface area contributed by atoms with Crippen LogP contribution in [0, 0.1) is 0 Å². The quantitative estimate of drug-likeness (QED) is 0.363. The number of rotatable bonds is 6. The van der Waals surface area contributed by atoms with Crippen molar-refractivity contribution in [2.24, 2.45) is 0 Å². The fraction of sp³-hybridized carbons (Fsp3) is 0.444. The van der Waals surface area contributed by atoms with Crippen molar-refractivity contribution in [1.29, 1.82) is 0 Å². The van der Waals surface area contributed by atoms with E-state index >= 15 is 0 Å². The Kier molecular flexibility index (Phi) is 14.1. The minimum atomic E-state index is -0.118. The van der Waals surface area contributed by atoms with Crippen LogP contribution in [0.1, 0.15) is 37.4 Å². The van der Waals surface area contributed by atoms with E-state index in [2.05, 4.69) is 0 Å². The monoisotopic (exact) mass is 648 g/mol. The van der Waals surface area contributed by atoms with Gasteiger partial charge in [0.15, 0.2) is 0 Å². The molecule has 3 saturated carbocycles. The minimum absolute atomic E-state index is 0. The van der Waals surface area contributed by atoms with Gasteiger partial charge < -0.3 is 45.1 Å². The molecule has 0 saturated heterocycles. The maximum Gasteiger partial charge on any atom is 0.274 e. The first kappa shape index (κ1) is 37.0. The highest BCUT2D eigenvalue weighted by Gasteiger charge is 2.41. The first-order chi connectivity index (χ1) is 18.7. The molecule has 0 aromatic carbocycles. The number of hydrogen-bond acceptors (Lipinski definition) is 9. The fourth-order valence-corrected chi connectivity index (χ4v) is 4.48. The molecule has 3 heterocycles. The summed E-state index contributed by atoms with van der Waals surface area (Å²) in [6.07, 6.45) is 8.51. The second-order valence-corrected chi connectivity index (χ2v) is 9.76. The van der Waals surface area contributed by atoms with Gasteiger partial charge in [0.1, 0.15) is 0 Å². The third kappa shape index (κ3) is 8.52. The number of nitrogens with two attached hydrogens (primary N) is 3. The molecule has 234 valence electrons. The van der Waals surface area contributed by atoms with Gasteiger partial charge in [0.05, 0.1) is 53.5 Å². The Labute approximate surface area is 262 Å². The molecule has 0 bridgehead atoms. The average Bonchev–Trinajstić information content (AvgIpc) is 3.81. The van der Waals surface area contributed by atoms with Crippen LogP contribution in [0.25, 0.3) is 0 Å². The van der Waals surface area contributed by atoms with Crippen molar-refractivity contribution in [3.8, 4) is 0 Å². The van der Waals surface area contributed by atoms with Crippen LogP contribution in [0.15, 0.2) is 69.4 Å². The van der Waals surface area contributed by atoms with Gasteiger partial charge in [-0.05, 0) is 55.7 Å². The van der Waals surface area contributed by atoms with Crippen LogP contribution in [-0.4, -0.2) is 53.3 Å². The molecule has 15 heteroatoms. The average molecular weight is 650 g/mol. The van der Waals surface area contributed by atoms with Crippen molar-refractivity contribution in [1.82, 2.24) is 13.7 Å². The van der Waals surface area contributed by atoms with Gasteiger partial charge in [-0.1, -0.05) is 0 Å². The zero-order chi connectivity index (χ0) is 28.3. The molecule has 3 fully saturated rings. The van der Waals surface area contributed by atoms with Gasteiger partial charge in [-0.15, -0.1) is 37.2 Å². The lowest BCUT2D eigenvalue weighted by atomic mass is 10.4. The van der Waals surface area contributed by atoms with Crippen molar-refractivity contribution in [3.63, 3.8) is 0 Å². The summed E-state index contributed by atoms with van der Waals surface area (Å²) < 4.78 is 20.3. The summed E-state index contributed by atoms with van der Waals surface area (Å²) in [4.78, 5) is 34.5. The molecule has 6 atom stereocenters. The number of nitrogens with zero attached hydrogens (tertiary/aromatic N) is 3. The second kappa shape index (κ2) is 16.0. The summed E-state index contributed by atoms with van der Waals surface area (Å²) >= 11 is 0. The van der Waals surface area contributed by atoms with Crippen LogP contribution >= 0.6 is 37.2 Å². The summed E-state index contributed by atoms with van der Waals surface area (Å²) in [5, 5.41) is 0. The number of ether oxygens (including phenoxy) is 3. The van der Waals surface area contributed by atoms with Gasteiger partial charge in [-0.2, -0.15) is 0 Å². The van der Waals surface area contributed by atoms with Gasteiger partial charge in [-0.3, -0.25) is 14.4 Å². The molecule has 6 rings (SSSR count). The van der Waals surface area contributed by atoms with Crippen molar-refractivity contribution < 1.29 is 14.2 Å². The lowest BCUT2D eigenvalue weighted by molar-refractivity contribution is 0.169. The second-order valence-electron chi connectivity index (χ2n) is 9.76. The summed E-state index contributed by atoms with van der Waals surface area (Å²) in [5.41, 5.74) is 17.0. The van der Waals surface area contributed by atoms with Gasteiger partial charge in [-0.25, -0.2) is 0 Å². The molecule has 1 unspecified atom stereocenters. The Hall–Kier alpha value is -3.00. The highest BCUT2D eigenvalue weighted by Crippen LogP contribution is 2.38. The van der Waals surface area contributed by atoms with E-state index in [9.17, 15) is 14.4 Å². The van der Waals surface area contributed by atoms with E-state index in [-0.39, 0.29) is 90.3 Å². The number of halogens is 3. The maximum atomic E-state index is 11.5. The first-order valence-electron chi connectivity index (χ1n) is 12.7. The molecule has 3 aromatic rings. The highest BCUT2D eigenvalue weighted by molar-refractivity contribution is 5.86. The molecule has 3 aliphatic carbocycles. The predicted octanol–water partition coefficient (Wildman–Crippen LogP) is 2.44. The van der Waals surface area contributed by atoms with E-state index < -0.39 is 0 Å². The maximum absolute atomic E-state index is 11.5. The van der Waals surface area contributed by atoms with E-state index in [0.717, 1.165) is 19.3 Å². The third-order valence-corrected chi connectivity index (χ3v) is 7.09. The van der Waals surface area contributed by atoms with E-state index in [1.165, 1.54) is 0 Å². The van der Waals surface area contributed by atoms with Gasteiger partial charge in [0, 0.05) is 39.9 Å². The molecular weight excluding hydrogens is 611 g/mol. The van der Waals surface area contributed by atoms with E-state index in [1.807, 2.05) is 0 Å². The molecule has 3 aromatic heterocycles. The highest BCUT2D eigenvalue weighted by atomic mass is 35.5. The fourth-order valence-electron chi connectivity index (χ4n) is 4.48. The number of methoxy groups -OCH3 is 3.